The van der Waals surface area contributed by atoms with E-state index in [4.69, 9.17) is 22.1 Å². The van der Waals surface area contributed by atoms with Gasteiger partial charge >= 0.3 is 12.1 Å². The first-order chi connectivity index (χ1) is 12.6. The number of halogens is 4. The van der Waals surface area contributed by atoms with Crippen LogP contribution in [0.3, 0.4) is 0 Å². The molecule has 12 heteroatoms. The van der Waals surface area contributed by atoms with Crippen LogP contribution in [0.1, 0.15) is 5.56 Å². The van der Waals surface area contributed by atoms with Crippen molar-refractivity contribution in [1.29, 1.82) is 0 Å². The predicted molar refractivity (Wildman–Crippen MR) is 93.8 cm³/mol. The number of benzene rings is 1. The fourth-order valence-electron chi connectivity index (χ4n) is 2.15. The molecule has 146 valence electrons. The van der Waals surface area contributed by atoms with Gasteiger partial charge in [-0.25, -0.2) is 0 Å². The summed E-state index contributed by atoms with van der Waals surface area (Å²) in [5, 5.41) is 14.2. The normalized spacial score (nSPS) is 11.3. The number of nitrogens with zero attached hydrogens (tertiary/aromatic N) is 2. The molecule has 27 heavy (non-hydrogen) atoms. The van der Waals surface area contributed by atoms with Crippen LogP contribution in [-0.4, -0.2) is 35.1 Å². The molecular weight excluding hydrogens is 411 g/mol. The van der Waals surface area contributed by atoms with Gasteiger partial charge in [0.05, 0.1) is 16.5 Å². The van der Waals surface area contributed by atoms with Crippen LogP contribution < -0.4 is 10.5 Å². The van der Waals surface area contributed by atoms with Crippen LogP contribution in [0.2, 0.25) is 5.02 Å². The molecular formula is C15H13ClF3N3O4S. The number of nitrogens with two attached hydrogens (primary N) is 1. The molecule has 0 spiro atoms. The number of nitro groups is 1. The molecule has 0 saturated carbocycles. The lowest BCUT2D eigenvalue weighted by Crippen LogP contribution is -2.42. The Labute approximate surface area is 160 Å². The molecule has 0 fully saturated rings. The van der Waals surface area contributed by atoms with Gasteiger partial charge in [0, 0.05) is 18.7 Å². The van der Waals surface area contributed by atoms with Gasteiger partial charge in [0.2, 0.25) is 0 Å². The maximum absolute atomic E-state index is 12.8. The van der Waals surface area contributed by atoms with Crippen molar-refractivity contribution in [3.8, 4) is 5.75 Å². The van der Waals surface area contributed by atoms with E-state index in [-0.39, 0.29) is 29.6 Å². The van der Waals surface area contributed by atoms with E-state index in [2.05, 4.69) is 0 Å². The summed E-state index contributed by atoms with van der Waals surface area (Å²) in [6.07, 6.45) is -5.04. The quantitative estimate of drug-likeness (QED) is 0.414. The van der Waals surface area contributed by atoms with Gasteiger partial charge in [-0.2, -0.15) is 24.5 Å². The fourth-order valence-corrected chi connectivity index (χ4v) is 3.01. The third-order valence-electron chi connectivity index (χ3n) is 3.38. The molecule has 0 aliphatic rings. The Morgan fingerprint density at radius 2 is 2.11 bits per heavy atom. The van der Waals surface area contributed by atoms with Crippen molar-refractivity contribution in [3.05, 3.63) is 49.7 Å². The van der Waals surface area contributed by atoms with E-state index >= 15 is 0 Å². The number of nitrogen functional groups attached to an aromatic ring is 1. The average Bonchev–Trinajstić information content (AvgIpc) is 3.08. The summed E-state index contributed by atoms with van der Waals surface area (Å²) in [5.74, 6) is -2.16. The van der Waals surface area contributed by atoms with Crippen molar-refractivity contribution >= 4 is 40.2 Å². The molecule has 0 unspecified atom stereocenters. The summed E-state index contributed by atoms with van der Waals surface area (Å²) in [6.45, 7) is -1.03. The zero-order valence-electron chi connectivity index (χ0n) is 13.5. The third kappa shape index (κ3) is 5.47. The number of anilines is 1. The number of carbonyl (C=O) groups is 1. The summed E-state index contributed by atoms with van der Waals surface area (Å²) in [5.41, 5.74) is 5.37. The Morgan fingerprint density at radius 1 is 1.41 bits per heavy atom. The van der Waals surface area contributed by atoms with Crippen LogP contribution in [-0.2, 0) is 11.3 Å². The van der Waals surface area contributed by atoms with Crippen molar-refractivity contribution in [2.24, 2.45) is 0 Å². The smallest absolute Gasteiger partial charge is 0.471 e. The van der Waals surface area contributed by atoms with E-state index in [0.29, 0.717) is 10.5 Å². The zero-order chi connectivity index (χ0) is 20.2. The Balaban J connectivity index is 2.11. The lowest BCUT2D eigenvalue weighted by atomic mass is 10.2. The topological polar surface area (TPSA) is 98.7 Å². The molecule has 2 aromatic rings. The number of hydrogen-bond donors (Lipinski definition) is 1. The minimum absolute atomic E-state index is 0.0209. The second-order valence-corrected chi connectivity index (χ2v) is 6.51. The molecule has 0 saturated heterocycles. The molecule has 0 bridgehead atoms. The number of rotatable bonds is 7. The Morgan fingerprint density at radius 3 is 2.67 bits per heavy atom. The third-order valence-corrected chi connectivity index (χ3v) is 4.33. The number of hydrogen-bond acceptors (Lipinski definition) is 6. The molecule has 1 heterocycles. The highest BCUT2D eigenvalue weighted by Crippen LogP contribution is 2.35. The SMILES string of the molecule is Nc1c(OCCN(Cc2ccsc2)C(=O)C(F)(F)F)cc(Cl)cc1[N+](=O)[O-]. The van der Waals surface area contributed by atoms with Crippen LogP contribution >= 0.6 is 22.9 Å². The second-order valence-electron chi connectivity index (χ2n) is 5.30. The number of ether oxygens (including phenoxy) is 1. The predicted octanol–water partition coefficient (Wildman–Crippen LogP) is 3.86. The monoisotopic (exact) mass is 423 g/mol. The number of amides is 1. The Hall–Kier alpha value is -2.53. The Bertz CT molecular complexity index is 830. The fraction of sp³-hybridized carbons (Fsp3) is 0.267. The summed E-state index contributed by atoms with van der Waals surface area (Å²) in [7, 11) is 0. The zero-order valence-corrected chi connectivity index (χ0v) is 15.1. The number of carbonyl (C=O) groups excluding carboxylic acids is 1. The highest BCUT2D eigenvalue weighted by Gasteiger charge is 2.42. The molecule has 0 radical (unpaired) electrons. The summed E-state index contributed by atoms with van der Waals surface area (Å²) >= 11 is 7.04. The summed E-state index contributed by atoms with van der Waals surface area (Å²) < 4.78 is 43.6. The minimum Gasteiger partial charge on any atom is -0.489 e. The van der Waals surface area contributed by atoms with Crippen LogP contribution in [0, 0.1) is 10.1 Å². The van der Waals surface area contributed by atoms with Crippen LogP contribution in [0.25, 0.3) is 0 Å². The minimum atomic E-state index is -5.04. The first-order valence-electron chi connectivity index (χ1n) is 7.33. The molecule has 2 N–H and O–H groups in total. The van der Waals surface area contributed by atoms with E-state index in [9.17, 15) is 28.1 Å². The molecule has 1 aromatic heterocycles. The van der Waals surface area contributed by atoms with Gasteiger partial charge in [0.1, 0.15) is 6.61 Å². The van der Waals surface area contributed by atoms with E-state index in [1.807, 2.05) is 0 Å². The van der Waals surface area contributed by atoms with Crippen LogP contribution in [0.4, 0.5) is 24.5 Å². The van der Waals surface area contributed by atoms with E-state index in [1.165, 1.54) is 17.4 Å². The van der Waals surface area contributed by atoms with Gasteiger partial charge in [0.15, 0.2) is 11.4 Å². The van der Waals surface area contributed by atoms with Crippen molar-refractivity contribution < 1.29 is 27.6 Å². The van der Waals surface area contributed by atoms with E-state index in [1.54, 1.807) is 16.8 Å². The first-order valence-corrected chi connectivity index (χ1v) is 8.65. The molecule has 1 amide bonds. The maximum Gasteiger partial charge on any atom is 0.471 e. The van der Waals surface area contributed by atoms with E-state index < -0.39 is 29.2 Å². The highest BCUT2D eigenvalue weighted by atomic mass is 35.5. The van der Waals surface area contributed by atoms with Crippen LogP contribution in [0.15, 0.2) is 29.0 Å². The summed E-state index contributed by atoms with van der Waals surface area (Å²) in [6, 6.07) is 3.83. The second kappa shape index (κ2) is 8.44. The lowest BCUT2D eigenvalue weighted by molar-refractivity contribution is -0.383. The highest BCUT2D eigenvalue weighted by molar-refractivity contribution is 7.07. The molecule has 1 aromatic carbocycles. The van der Waals surface area contributed by atoms with Crippen molar-refractivity contribution in [1.82, 2.24) is 4.90 Å². The number of nitro benzene ring substituents is 1. The van der Waals surface area contributed by atoms with E-state index in [0.717, 1.165) is 6.07 Å². The molecule has 0 aliphatic heterocycles. The Kier molecular flexibility index (Phi) is 6.50. The van der Waals surface area contributed by atoms with Gasteiger partial charge in [-0.05, 0) is 22.4 Å². The van der Waals surface area contributed by atoms with Crippen LogP contribution in [0.5, 0.6) is 5.75 Å². The van der Waals surface area contributed by atoms with Crippen molar-refractivity contribution in [3.63, 3.8) is 0 Å². The first kappa shape index (κ1) is 20.8. The van der Waals surface area contributed by atoms with Crippen molar-refractivity contribution in [2.75, 3.05) is 18.9 Å². The molecule has 0 atom stereocenters. The van der Waals surface area contributed by atoms with Gasteiger partial charge in [-0.15, -0.1) is 0 Å². The van der Waals surface area contributed by atoms with Crippen molar-refractivity contribution in [2.45, 2.75) is 12.7 Å². The summed E-state index contributed by atoms with van der Waals surface area (Å²) in [4.78, 5) is 22.4. The molecule has 0 aliphatic carbocycles. The average molecular weight is 424 g/mol. The van der Waals surface area contributed by atoms with Gasteiger partial charge in [-0.1, -0.05) is 11.6 Å². The van der Waals surface area contributed by atoms with Gasteiger partial charge in [0.25, 0.3) is 5.69 Å². The molecule has 2 rings (SSSR count). The van der Waals surface area contributed by atoms with Gasteiger partial charge in [-0.3, -0.25) is 14.9 Å². The lowest BCUT2D eigenvalue weighted by Gasteiger charge is -2.23. The standard InChI is InChI=1S/C15H13ClF3N3O4S/c16-10-5-11(22(24)25)13(20)12(6-10)26-3-2-21(14(23)15(17,18)19)7-9-1-4-27-8-9/h1,4-6,8H,2-3,7,20H2. The number of alkyl halides is 3. The molecule has 7 nitrogen and oxygen atoms in total. The number of thiophene rings is 1. The largest absolute Gasteiger partial charge is 0.489 e. The maximum atomic E-state index is 12.8. The van der Waals surface area contributed by atoms with Gasteiger partial charge < -0.3 is 15.4 Å².